The Labute approximate surface area is 120 Å². The van der Waals surface area contributed by atoms with E-state index in [0.29, 0.717) is 6.54 Å². The first kappa shape index (κ1) is 18.4. The number of hydrogen-bond acceptors (Lipinski definition) is 3. The zero-order valence-electron chi connectivity index (χ0n) is 12.9. The first-order valence-electron chi connectivity index (χ1n) is 6.95. The Hall–Kier alpha value is -1.59. The van der Waals surface area contributed by atoms with E-state index in [1.54, 1.807) is 27.7 Å². The monoisotopic (exact) mass is 286 g/mol. The average molecular weight is 286 g/mol. The summed E-state index contributed by atoms with van der Waals surface area (Å²) in [6.07, 6.45) is 0.669. The van der Waals surface area contributed by atoms with Gasteiger partial charge in [-0.25, -0.2) is 0 Å². The molecule has 0 aromatic carbocycles. The fraction of sp³-hybridized carbons (Fsp3) is 0.786. The van der Waals surface area contributed by atoms with Gasteiger partial charge in [0.1, 0.15) is 6.04 Å². The quantitative estimate of drug-likeness (QED) is 0.624. The molecule has 0 rings (SSSR count). The molecule has 0 aliphatic carbocycles. The lowest BCUT2D eigenvalue weighted by molar-refractivity contribution is -0.153. The highest BCUT2D eigenvalue weighted by atomic mass is 16.4. The molecule has 0 saturated carbocycles. The molecular weight excluding hydrogens is 260 g/mol. The second-order valence-electron chi connectivity index (χ2n) is 5.63. The number of carbonyl (C=O) groups excluding carboxylic acids is 2. The van der Waals surface area contributed by atoms with Crippen LogP contribution < -0.4 is 10.6 Å². The van der Waals surface area contributed by atoms with E-state index in [1.807, 2.05) is 6.92 Å². The number of carbonyl (C=O) groups is 3. The van der Waals surface area contributed by atoms with Crippen LogP contribution in [0.15, 0.2) is 0 Å². The van der Waals surface area contributed by atoms with Gasteiger partial charge in [0.05, 0.1) is 5.41 Å². The zero-order chi connectivity index (χ0) is 15.9. The molecule has 0 aromatic rings. The predicted molar refractivity (Wildman–Crippen MR) is 76.1 cm³/mol. The minimum absolute atomic E-state index is 0.147. The van der Waals surface area contributed by atoms with Gasteiger partial charge in [0.15, 0.2) is 0 Å². The molecule has 0 fully saturated rings. The number of hydrogen-bond donors (Lipinski definition) is 3. The van der Waals surface area contributed by atoms with Gasteiger partial charge in [-0.05, 0) is 26.2 Å². The van der Waals surface area contributed by atoms with Crippen molar-refractivity contribution in [1.29, 1.82) is 0 Å². The molecule has 0 saturated heterocycles. The van der Waals surface area contributed by atoms with Gasteiger partial charge in [-0.1, -0.05) is 20.8 Å². The van der Waals surface area contributed by atoms with Crippen LogP contribution in [0.5, 0.6) is 0 Å². The van der Waals surface area contributed by atoms with Crippen LogP contribution >= 0.6 is 0 Å². The second-order valence-corrected chi connectivity index (χ2v) is 5.63. The smallest absolute Gasteiger partial charge is 0.310 e. The van der Waals surface area contributed by atoms with Crippen LogP contribution in [-0.4, -0.2) is 35.5 Å². The van der Waals surface area contributed by atoms with Crippen LogP contribution in [0.4, 0.5) is 0 Å². The van der Waals surface area contributed by atoms with E-state index < -0.39 is 23.3 Å². The topological polar surface area (TPSA) is 95.5 Å². The number of aliphatic carboxylic acids is 1. The molecule has 3 N–H and O–H groups in total. The number of carboxylic acid groups (broad SMARTS) is 1. The van der Waals surface area contributed by atoms with Crippen LogP contribution in [0.2, 0.25) is 0 Å². The summed E-state index contributed by atoms with van der Waals surface area (Å²) in [6.45, 7) is 9.14. The summed E-state index contributed by atoms with van der Waals surface area (Å²) in [6, 6.07) is -0.667. The van der Waals surface area contributed by atoms with Crippen molar-refractivity contribution in [3.05, 3.63) is 0 Å². The molecule has 0 bridgehead atoms. The van der Waals surface area contributed by atoms with Crippen LogP contribution in [0.25, 0.3) is 0 Å². The average Bonchev–Trinajstić information content (AvgIpc) is 2.34. The summed E-state index contributed by atoms with van der Waals surface area (Å²) in [7, 11) is 0. The molecule has 2 atom stereocenters. The van der Waals surface area contributed by atoms with E-state index >= 15 is 0 Å². The van der Waals surface area contributed by atoms with Crippen molar-refractivity contribution in [2.45, 2.75) is 53.5 Å². The molecule has 6 nitrogen and oxygen atoms in total. The van der Waals surface area contributed by atoms with Gasteiger partial charge in [-0.15, -0.1) is 0 Å². The Morgan fingerprint density at radius 2 is 1.75 bits per heavy atom. The van der Waals surface area contributed by atoms with Gasteiger partial charge < -0.3 is 15.7 Å². The second kappa shape index (κ2) is 7.87. The summed E-state index contributed by atoms with van der Waals surface area (Å²) in [5.41, 5.74) is -1.14. The Kier molecular flexibility index (Phi) is 7.24. The minimum atomic E-state index is -1.14. The maximum Gasteiger partial charge on any atom is 0.310 e. The summed E-state index contributed by atoms with van der Waals surface area (Å²) < 4.78 is 0. The summed E-state index contributed by atoms with van der Waals surface area (Å²) in [5.74, 6) is -1.88. The standard InChI is InChI=1S/C14H26N2O4/c1-6-7-15-12(18)10(4)16-11(17)8-14(5,9(2)3)13(19)20/h9-10H,6-8H2,1-5H3,(H,15,18)(H,16,17)(H,19,20). The number of rotatable bonds is 8. The van der Waals surface area contributed by atoms with Gasteiger partial charge in [0.2, 0.25) is 11.8 Å². The van der Waals surface area contributed by atoms with Crippen LogP contribution in [0.1, 0.15) is 47.5 Å². The Bertz CT molecular complexity index is 368. The Balaban J connectivity index is 4.55. The van der Waals surface area contributed by atoms with Crippen LogP contribution in [0.3, 0.4) is 0 Å². The predicted octanol–water partition coefficient (Wildman–Crippen LogP) is 1.15. The molecule has 2 amide bonds. The van der Waals surface area contributed by atoms with Crippen molar-refractivity contribution in [3.63, 3.8) is 0 Å². The van der Waals surface area contributed by atoms with Gasteiger partial charge in [0.25, 0.3) is 0 Å². The normalized spacial score (nSPS) is 15.3. The maximum atomic E-state index is 11.9. The molecule has 0 aromatic heterocycles. The van der Waals surface area contributed by atoms with Crippen molar-refractivity contribution in [2.24, 2.45) is 11.3 Å². The molecule has 2 unspecified atom stereocenters. The lowest BCUT2D eigenvalue weighted by Crippen LogP contribution is -2.47. The molecule has 0 spiro atoms. The molecule has 6 heteroatoms. The first-order chi connectivity index (χ1) is 9.15. The van der Waals surface area contributed by atoms with E-state index in [2.05, 4.69) is 10.6 Å². The molecule has 116 valence electrons. The Morgan fingerprint density at radius 1 is 1.20 bits per heavy atom. The lowest BCUT2D eigenvalue weighted by atomic mass is 9.76. The highest BCUT2D eigenvalue weighted by Crippen LogP contribution is 2.31. The highest BCUT2D eigenvalue weighted by Gasteiger charge is 2.39. The summed E-state index contributed by atoms with van der Waals surface area (Å²) >= 11 is 0. The van der Waals surface area contributed by atoms with Crippen molar-refractivity contribution >= 4 is 17.8 Å². The van der Waals surface area contributed by atoms with Crippen molar-refractivity contribution < 1.29 is 19.5 Å². The van der Waals surface area contributed by atoms with Crippen LogP contribution in [0, 0.1) is 11.3 Å². The molecule has 0 aliphatic rings. The van der Waals surface area contributed by atoms with Crippen molar-refractivity contribution in [3.8, 4) is 0 Å². The van der Waals surface area contributed by atoms with Crippen molar-refractivity contribution in [2.75, 3.05) is 6.54 Å². The zero-order valence-corrected chi connectivity index (χ0v) is 12.9. The third-order valence-electron chi connectivity index (χ3n) is 3.61. The molecule has 0 heterocycles. The van der Waals surface area contributed by atoms with Gasteiger partial charge in [-0.2, -0.15) is 0 Å². The van der Waals surface area contributed by atoms with E-state index in [1.165, 1.54) is 0 Å². The molecule has 20 heavy (non-hydrogen) atoms. The van der Waals surface area contributed by atoms with Crippen molar-refractivity contribution in [1.82, 2.24) is 10.6 Å². The van der Waals surface area contributed by atoms with E-state index in [-0.39, 0.29) is 18.2 Å². The lowest BCUT2D eigenvalue weighted by Gasteiger charge is -2.28. The fourth-order valence-electron chi connectivity index (χ4n) is 1.62. The maximum absolute atomic E-state index is 11.9. The minimum Gasteiger partial charge on any atom is -0.481 e. The third-order valence-corrected chi connectivity index (χ3v) is 3.61. The first-order valence-corrected chi connectivity index (χ1v) is 6.95. The summed E-state index contributed by atoms with van der Waals surface area (Å²) in [4.78, 5) is 34.8. The molecule has 0 aliphatic heterocycles. The highest BCUT2D eigenvalue weighted by molar-refractivity contribution is 5.89. The van der Waals surface area contributed by atoms with E-state index in [0.717, 1.165) is 6.42 Å². The van der Waals surface area contributed by atoms with Crippen LogP contribution in [-0.2, 0) is 14.4 Å². The fourth-order valence-corrected chi connectivity index (χ4v) is 1.62. The molecular formula is C14H26N2O4. The number of carboxylic acids is 1. The summed E-state index contributed by atoms with van der Waals surface area (Å²) in [5, 5.41) is 14.5. The van der Waals surface area contributed by atoms with E-state index in [4.69, 9.17) is 0 Å². The Morgan fingerprint density at radius 3 is 2.15 bits per heavy atom. The molecule has 0 radical (unpaired) electrons. The van der Waals surface area contributed by atoms with Gasteiger partial charge in [0, 0.05) is 13.0 Å². The number of amides is 2. The largest absolute Gasteiger partial charge is 0.481 e. The SMILES string of the molecule is CCCNC(=O)C(C)NC(=O)CC(C)(C(=O)O)C(C)C. The van der Waals surface area contributed by atoms with Gasteiger partial charge >= 0.3 is 5.97 Å². The third kappa shape index (κ3) is 5.19. The number of nitrogens with one attached hydrogen (secondary N) is 2. The van der Waals surface area contributed by atoms with Gasteiger partial charge in [-0.3, -0.25) is 14.4 Å². The van der Waals surface area contributed by atoms with E-state index in [9.17, 15) is 19.5 Å².